The average molecular weight is 285 g/mol. The number of ether oxygens (including phenoxy) is 1. The number of carbonyl (C=O) groups excluding carboxylic acids is 1. The van der Waals surface area contributed by atoms with E-state index >= 15 is 0 Å². The number of rotatable bonds is 7. The van der Waals surface area contributed by atoms with Gasteiger partial charge in [-0.15, -0.1) is 0 Å². The molecule has 1 rings (SSSR count). The molecule has 0 aliphatic heterocycles. The van der Waals surface area contributed by atoms with Crippen LogP contribution in [0.4, 0.5) is 0 Å². The Morgan fingerprint density at radius 1 is 1.50 bits per heavy atom. The van der Waals surface area contributed by atoms with E-state index in [0.717, 1.165) is 10.7 Å². The van der Waals surface area contributed by atoms with Gasteiger partial charge in [0.15, 0.2) is 6.04 Å². The molecule has 1 aromatic heterocycles. The van der Waals surface area contributed by atoms with Crippen LogP contribution in [0.25, 0.3) is 0 Å². The fraction of sp³-hybridized carbons (Fsp3) is 0.455. The summed E-state index contributed by atoms with van der Waals surface area (Å²) >= 11 is 0. The highest BCUT2D eigenvalue weighted by Gasteiger charge is 2.20. The predicted octanol–water partition coefficient (Wildman–Crippen LogP) is -1.93. The Hall–Kier alpha value is -2.26. The molecule has 9 nitrogen and oxygen atoms in total. The van der Waals surface area contributed by atoms with E-state index in [-0.39, 0.29) is 18.8 Å². The van der Waals surface area contributed by atoms with Gasteiger partial charge < -0.3 is 20.3 Å². The van der Waals surface area contributed by atoms with Gasteiger partial charge in [0.25, 0.3) is 11.5 Å². The number of methoxy groups -OCH3 is 1. The minimum absolute atomic E-state index is 0.125. The molecule has 0 radical (unpaired) electrons. The average Bonchev–Trinajstić information content (AvgIpc) is 2.43. The molecule has 0 fully saturated rings. The van der Waals surface area contributed by atoms with Gasteiger partial charge in [0.1, 0.15) is 5.69 Å². The van der Waals surface area contributed by atoms with E-state index in [1.165, 1.54) is 13.2 Å². The summed E-state index contributed by atoms with van der Waals surface area (Å²) in [6, 6.07) is 0.896. The van der Waals surface area contributed by atoms with Gasteiger partial charge in [-0.1, -0.05) is 0 Å². The van der Waals surface area contributed by atoms with Crippen molar-refractivity contribution < 1.29 is 24.5 Å². The van der Waals surface area contributed by atoms with E-state index in [2.05, 4.69) is 10.4 Å². The second kappa shape index (κ2) is 7.36. The van der Waals surface area contributed by atoms with E-state index in [1.807, 2.05) is 0 Å². The fourth-order valence-electron chi connectivity index (χ4n) is 1.33. The van der Waals surface area contributed by atoms with Crippen LogP contribution >= 0.6 is 0 Å². The third-order valence-corrected chi connectivity index (χ3v) is 2.39. The summed E-state index contributed by atoms with van der Waals surface area (Å²) in [5, 5.41) is 23.4. The van der Waals surface area contributed by atoms with E-state index in [1.54, 1.807) is 0 Å². The summed E-state index contributed by atoms with van der Waals surface area (Å²) in [5.74, 6) is -2.16. The summed E-state index contributed by atoms with van der Waals surface area (Å²) in [4.78, 5) is 33.9. The zero-order chi connectivity index (χ0) is 15.1. The SMILES string of the molecule is COCCn1nc(C(=O)NC(CO)C(=O)O)ccc1=O. The lowest BCUT2D eigenvalue weighted by Gasteiger charge is -2.11. The first-order valence-corrected chi connectivity index (χ1v) is 5.71. The van der Waals surface area contributed by atoms with Crippen LogP contribution < -0.4 is 10.9 Å². The lowest BCUT2D eigenvalue weighted by Crippen LogP contribution is -2.44. The number of nitrogens with one attached hydrogen (secondary N) is 1. The van der Waals surface area contributed by atoms with Gasteiger partial charge in [0.05, 0.1) is 19.8 Å². The van der Waals surface area contributed by atoms with Crippen LogP contribution in [0.5, 0.6) is 0 Å². The molecule has 1 aromatic rings. The van der Waals surface area contributed by atoms with Gasteiger partial charge >= 0.3 is 5.97 Å². The van der Waals surface area contributed by atoms with Crippen molar-refractivity contribution in [3.63, 3.8) is 0 Å². The molecule has 1 atom stereocenters. The van der Waals surface area contributed by atoms with Gasteiger partial charge in [-0.2, -0.15) is 5.10 Å². The van der Waals surface area contributed by atoms with Crippen LogP contribution in [0.15, 0.2) is 16.9 Å². The van der Waals surface area contributed by atoms with Gasteiger partial charge in [0.2, 0.25) is 0 Å². The molecule has 0 spiro atoms. The number of hydrogen-bond acceptors (Lipinski definition) is 6. The number of aliphatic hydroxyl groups excluding tert-OH is 1. The number of amides is 1. The largest absolute Gasteiger partial charge is 0.480 e. The van der Waals surface area contributed by atoms with E-state index in [9.17, 15) is 14.4 Å². The monoisotopic (exact) mass is 285 g/mol. The molecule has 1 unspecified atom stereocenters. The molecule has 0 aliphatic carbocycles. The number of aliphatic carboxylic acids is 1. The molecule has 1 amide bonds. The van der Waals surface area contributed by atoms with Crippen LogP contribution in [0.2, 0.25) is 0 Å². The second-order valence-corrected chi connectivity index (χ2v) is 3.82. The van der Waals surface area contributed by atoms with Crippen molar-refractivity contribution in [1.29, 1.82) is 0 Å². The molecule has 0 bridgehead atoms. The first-order valence-electron chi connectivity index (χ1n) is 5.71. The van der Waals surface area contributed by atoms with Crippen molar-refractivity contribution in [3.8, 4) is 0 Å². The van der Waals surface area contributed by atoms with Crippen LogP contribution in [0.1, 0.15) is 10.5 Å². The number of aromatic nitrogens is 2. The summed E-state index contributed by atoms with van der Waals surface area (Å²) < 4.78 is 5.84. The van der Waals surface area contributed by atoms with Crippen LogP contribution in [-0.2, 0) is 16.1 Å². The summed E-state index contributed by atoms with van der Waals surface area (Å²) in [6.45, 7) is -0.338. The van der Waals surface area contributed by atoms with Gasteiger partial charge in [0, 0.05) is 13.2 Å². The maximum Gasteiger partial charge on any atom is 0.328 e. The predicted molar refractivity (Wildman–Crippen MR) is 66.3 cm³/mol. The van der Waals surface area contributed by atoms with E-state index in [0.29, 0.717) is 0 Å². The molecule has 0 aromatic carbocycles. The number of carboxylic acid groups (broad SMARTS) is 1. The standard InChI is InChI=1S/C11H15N3O6/c1-20-5-4-14-9(16)3-2-7(13-14)10(17)12-8(6-15)11(18)19/h2-3,8,15H,4-6H2,1H3,(H,12,17)(H,18,19). The van der Waals surface area contributed by atoms with Crippen LogP contribution in [-0.4, -0.2) is 58.2 Å². The van der Waals surface area contributed by atoms with Crippen molar-refractivity contribution >= 4 is 11.9 Å². The maximum absolute atomic E-state index is 11.8. The van der Waals surface area contributed by atoms with Gasteiger partial charge in [-0.3, -0.25) is 9.59 Å². The zero-order valence-electron chi connectivity index (χ0n) is 10.8. The Kier molecular flexibility index (Phi) is 5.81. The van der Waals surface area contributed by atoms with Crippen molar-refractivity contribution in [1.82, 2.24) is 15.1 Å². The van der Waals surface area contributed by atoms with Crippen LogP contribution in [0.3, 0.4) is 0 Å². The first-order chi connectivity index (χ1) is 9.49. The van der Waals surface area contributed by atoms with Crippen molar-refractivity contribution in [3.05, 3.63) is 28.2 Å². The Balaban J connectivity index is 2.88. The number of carbonyl (C=O) groups is 2. The number of hydrogen-bond donors (Lipinski definition) is 3. The van der Waals surface area contributed by atoms with Crippen molar-refractivity contribution in [2.24, 2.45) is 0 Å². The molecule has 9 heteroatoms. The first kappa shape index (κ1) is 15.8. The normalized spacial score (nSPS) is 11.9. The zero-order valence-corrected chi connectivity index (χ0v) is 10.8. The third-order valence-electron chi connectivity index (χ3n) is 2.39. The topological polar surface area (TPSA) is 131 Å². The molecular formula is C11H15N3O6. The molecule has 110 valence electrons. The smallest absolute Gasteiger partial charge is 0.328 e. The third kappa shape index (κ3) is 4.14. The van der Waals surface area contributed by atoms with E-state index in [4.69, 9.17) is 14.9 Å². The molecule has 0 saturated heterocycles. The highest BCUT2D eigenvalue weighted by molar-refractivity contribution is 5.94. The van der Waals surface area contributed by atoms with E-state index < -0.39 is 30.1 Å². The Bertz CT molecular complexity index is 541. The minimum atomic E-state index is -1.43. The molecule has 20 heavy (non-hydrogen) atoms. The number of nitrogens with zero attached hydrogens (tertiary/aromatic N) is 2. The van der Waals surface area contributed by atoms with Crippen LogP contribution in [0, 0.1) is 0 Å². The van der Waals surface area contributed by atoms with Gasteiger partial charge in [-0.25, -0.2) is 9.48 Å². The highest BCUT2D eigenvalue weighted by Crippen LogP contribution is 1.93. The maximum atomic E-state index is 11.8. The lowest BCUT2D eigenvalue weighted by molar-refractivity contribution is -0.140. The fourth-order valence-corrected chi connectivity index (χ4v) is 1.33. The summed E-state index contributed by atoms with van der Waals surface area (Å²) in [6.07, 6.45) is 0. The molecule has 0 saturated carbocycles. The second-order valence-electron chi connectivity index (χ2n) is 3.82. The highest BCUT2D eigenvalue weighted by atomic mass is 16.5. The van der Waals surface area contributed by atoms with Gasteiger partial charge in [-0.05, 0) is 6.07 Å². The Morgan fingerprint density at radius 3 is 2.75 bits per heavy atom. The number of carboxylic acids is 1. The summed E-state index contributed by atoms with van der Waals surface area (Å²) in [7, 11) is 1.46. The molecule has 0 aliphatic rings. The lowest BCUT2D eigenvalue weighted by atomic mass is 10.3. The quantitative estimate of drug-likeness (QED) is 0.531. The minimum Gasteiger partial charge on any atom is -0.480 e. The Morgan fingerprint density at radius 2 is 2.20 bits per heavy atom. The van der Waals surface area contributed by atoms with Crippen molar-refractivity contribution in [2.45, 2.75) is 12.6 Å². The molecular weight excluding hydrogens is 270 g/mol. The van der Waals surface area contributed by atoms with Crippen molar-refractivity contribution in [2.75, 3.05) is 20.3 Å². The Labute approximate surface area is 113 Å². The number of aliphatic hydroxyl groups is 1. The summed E-state index contributed by atoms with van der Waals surface area (Å²) in [5.41, 5.74) is -0.532. The molecule has 1 heterocycles. The molecule has 3 N–H and O–H groups in total.